The third kappa shape index (κ3) is 4.98. The predicted octanol–water partition coefficient (Wildman–Crippen LogP) is 1.18. The molecule has 1 N–H and O–H groups in total. The Balaban J connectivity index is 2.02. The fourth-order valence-corrected chi connectivity index (χ4v) is 2.01. The molecule has 0 aliphatic rings. The van der Waals surface area contributed by atoms with Crippen molar-refractivity contribution in [1.82, 2.24) is 10.4 Å². The van der Waals surface area contributed by atoms with E-state index in [4.69, 9.17) is 4.18 Å². The van der Waals surface area contributed by atoms with Gasteiger partial charge in [-0.3, -0.25) is 9.78 Å². The van der Waals surface area contributed by atoms with Crippen LogP contribution in [0.3, 0.4) is 0 Å². The van der Waals surface area contributed by atoms with E-state index >= 15 is 0 Å². The Morgan fingerprint density at radius 1 is 1.27 bits per heavy atom. The van der Waals surface area contributed by atoms with Crippen molar-refractivity contribution < 1.29 is 17.4 Å². The van der Waals surface area contributed by atoms with E-state index in [0.717, 1.165) is 6.26 Å². The van der Waals surface area contributed by atoms with Crippen molar-refractivity contribution in [3.05, 3.63) is 59.9 Å². The molecule has 0 unspecified atom stereocenters. The summed E-state index contributed by atoms with van der Waals surface area (Å²) in [5.74, 6) is -0.200. The van der Waals surface area contributed by atoms with Crippen LogP contribution in [-0.4, -0.2) is 31.8 Å². The standard InChI is InChI=1S/C14H13N3O4S/c1-22(19,20)21-13-4-2-3-11(9-13)10-16-17-14(18)12-5-7-15-8-6-12/h2-10H,1H3,(H,17,18). The number of carbonyl (C=O) groups excluding carboxylic acids is 1. The maximum absolute atomic E-state index is 11.7. The number of nitrogens with zero attached hydrogens (tertiary/aromatic N) is 2. The van der Waals surface area contributed by atoms with Crippen LogP contribution < -0.4 is 9.61 Å². The normalized spacial score (nSPS) is 11.3. The molecular formula is C14H13N3O4S. The summed E-state index contributed by atoms with van der Waals surface area (Å²) in [7, 11) is -3.58. The quantitative estimate of drug-likeness (QED) is 0.507. The number of hydrazone groups is 1. The van der Waals surface area contributed by atoms with Crippen LogP contribution in [0.5, 0.6) is 5.75 Å². The van der Waals surface area contributed by atoms with Crippen molar-refractivity contribution in [3.63, 3.8) is 0 Å². The summed E-state index contributed by atoms with van der Waals surface area (Å²) >= 11 is 0. The Morgan fingerprint density at radius 3 is 2.68 bits per heavy atom. The molecule has 0 fully saturated rings. The Labute approximate surface area is 127 Å². The molecule has 0 bridgehead atoms. The van der Waals surface area contributed by atoms with Gasteiger partial charge in [-0.25, -0.2) is 5.43 Å². The minimum atomic E-state index is -3.58. The van der Waals surface area contributed by atoms with E-state index in [1.807, 2.05) is 0 Å². The number of amides is 1. The van der Waals surface area contributed by atoms with Crippen molar-refractivity contribution in [2.75, 3.05) is 6.26 Å². The lowest BCUT2D eigenvalue weighted by Crippen LogP contribution is -2.17. The first kappa shape index (κ1) is 15.6. The molecule has 0 aliphatic heterocycles. The van der Waals surface area contributed by atoms with Crippen LogP contribution in [-0.2, 0) is 10.1 Å². The molecule has 2 rings (SSSR count). The number of benzene rings is 1. The molecule has 0 atom stereocenters. The molecule has 114 valence electrons. The van der Waals surface area contributed by atoms with Gasteiger partial charge in [0.25, 0.3) is 5.91 Å². The first-order chi connectivity index (χ1) is 10.4. The summed E-state index contributed by atoms with van der Waals surface area (Å²) in [5.41, 5.74) is 3.37. The monoisotopic (exact) mass is 319 g/mol. The first-order valence-corrected chi connectivity index (χ1v) is 7.99. The third-order valence-electron chi connectivity index (χ3n) is 2.43. The second-order valence-corrected chi connectivity index (χ2v) is 5.87. The lowest BCUT2D eigenvalue weighted by Gasteiger charge is -2.03. The highest BCUT2D eigenvalue weighted by Crippen LogP contribution is 2.13. The number of hydrogen-bond acceptors (Lipinski definition) is 6. The van der Waals surface area contributed by atoms with Gasteiger partial charge in [-0.05, 0) is 29.8 Å². The topological polar surface area (TPSA) is 97.7 Å². The molecular weight excluding hydrogens is 306 g/mol. The number of carbonyl (C=O) groups is 1. The molecule has 0 saturated carbocycles. The lowest BCUT2D eigenvalue weighted by molar-refractivity contribution is 0.0955. The van der Waals surface area contributed by atoms with Crippen molar-refractivity contribution >= 4 is 22.2 Å². The minimum Gasteiger partial charge on any atom is -0.383 e. The highest BCUT2D eigenvalue weighted by Gasteiger charge is 2.04. The number of nitrogens with one attached hydrogen (secondary N) is 1. The SMILES string of the molecule is CS(=O)(=O)Oc1cccc(C=NNC(=O)c2ccncc2)c1. The van der Waals surface area contributed by atoms with E-state index < -0.39 is 10.1 Å². The van der Waals surface area contributed by atoms with Gasteiger partial charge in [-0.2, -0.15) is 13.5 Å². The van der Waals surface area contributed by atoms with Crippen LogP contribution in [0.15, 0.2) is 53.9 Å². The van der Waals surface area contributed by atoms with E-state index in [1.165, 1.54) is 30.7 Å². The van der Waals surface area contributed by atoms with Gasteiger partial charge in [0.05, 0.1) is 12.5 Å². The first-order valence-electron chi connectivity index (χ1n) is 6.17. The van der Waals surface area contributed by atoms with E-state index in [-0.39, 0.29) is 11.7 Å². The van der Waals surface area contributed by atoms with E-state index in [9.17, 15) is 13.2 Å². The Kier molecular flexibility index (Phi) is 4.84. The average molecular weight is 319 g/mol. The van der Waals surface area contributed by atoms with Gasteiger partial charge in [0.2, 0.25) is 0 Å². The number of hydrogen-bond donors (Lipinski definition) is 1. The van der Waals surface area contributed by atoms with Crippen LogP contribution in [0.1, 0.15) is 15.9 Å². The maximum Gasteiger partial charge on any atom is 0.306 e. The summed E-state index contributed by atoms with van der Waals surface area (Å²) in [5, 5.41) is 3.81. The van der Waals surface area contributed by atoms with Crippen LogP contribution >= 0.6 is 0 Å². The molecule has 1 aromatic heterocycles. The number of rotatable bonds is 5. The molecule has 1 amide bonds. The molecule has 0 aliphatic carbocycles. The van der Waals surface area contributed by atoms with Gasteiger partial charge >= 0.3 is 10.1 Å². The van der Waals surface area contributed by atoms with Crippen molar-refractivity contribution in [2.24, 2.45) is 5.10 Å². The van der Waals surface area contributed by atoms with Crippen LogP contribution in [0.4, 0.5) is 0 Å². The highest BCUT2D eigenvalue weighted by atomic mass is 32.2. The Morgan fingerprint density at radius 2 is 2.00 bits per heavy atom. The zero-order valence-corrected chi connectivity index (χ0v) is 12.4. The smallest absolute Gasteiger partial charge is 0.306 e. The predicted molar refractivity (Wildman–Crippen MR) is 81.2 cm³/mol. The molecule has 0 radical (unpaired) electrons. The molecule has 0 saturated heterocycles. The summed E-state index contributed by atoms with van der Waals surface area (Å²) in [6.45, 7) is 0. The van der Waals surface area contributed by atoms with Crippen LogP contribution in [0.2, 0.25) is 0 Å². The molecule has 22 heavy (non-hydrogen) atoms. The van der Waals surface area contributed by atoms with E-state index in [1.54, 1.807) is 24.3 Å². The van der Waals surface area contributed by atoms with Gasteiger partial charge < -0.3 is 4.18 Å². The zero-order chi connectivity index (χ0) is 16.0. The zero-order valence-electron chi connectivity index (χ0n) is 11.6. The van der Waals surface area contributed by atoms with E-state index in [2.05, 4.69) is 15.5 Å². The highest BCUT2D eigenvalue weighted by molar-refractivity contribution is 7.86. The molecule has 1 heterocycles. The van der Waals surface area contributed by atoms with Gasteiger partial charge in [0, 0.05) is 18.0 Å². The molecule has 2 aromatic rings. The average Bonchev–Trinajstić information content (AvgIpc) is 2.47. The largest absolute Gasteiger partial charge is 0.383 e. The molecule has 1 aromatic carbocycles. The summed E-state index contributed by atoms with van der Waals surface area (Å²) in [4.78, 5) is 15.5. The van der Waals surface area contributed by atoms with Gasteiger partial charge in [0.1, 0.15) is 5.75 Å². The lowest BCUT2D eigenvalue weighted by atomic mass is 10.2. The third-order valence-corrected chi connectivity index (χ3v) is 2.92. The summed E-state index contributed by atoms with van der Waals surface area (Å²) < 4.78 is 26.9. The summed E-state index contributed by atoms with van der Waals surface area (Å²) in [6.07, 6.45) is 5.35. The minimum absolute atomic E-state index is 0.173. The Bertz CT molecular complexity index is 789. The van der Waals surface area contributed by atoms with Gasteiger partial charge in [-0.15, -0.1) is 0 Å². The van der Waals surface area contributed by atoms with Gasteiger partial charge in [-0.1, -0.05) is 12.1 Å². The van der Waals surface area contributed by atoms with Crippen molar-refractivity contribution in [3.8, 4) is 5.75 Å². The van der Waals surface area contributed by atoms with Crippen molar-refractivity contribution in [2.45, 2.75) is 0 Å². The Hall–Kier alpha value is -2.74. The molecule has 7 nitrogen and oxygen atoms in total. The van der Waals surface area contributed by atoms with Crippen molar-refractivity contribution in [1.29, 1.82) is 0 Å². The second-order valence-electron chi connectivity index (χ2n) is 4.29. The number of aromatic nitrogens is 1. The fourth-order valence-electron chi connectivity index (χ4n) is 1.55. The van der Waals surface area contributed by atoms with Gasteiger partial charge in [0.15, 0.2) is 0 Å². The van der Waals surface area contributed by atoms with E-state index in [0.29, 0.717) is 11.1 Å². The fraction of sp³-hybridized carbons (Fsp3) is 0.0714. The second kappa shape index (κ2) is 6.81. The molecule has 0 spiro atoms. The molecule has 8 heteroatoms. The summed E-state index contributed by atoms with van der Waals surface area (Å²) in [6, 6.07) is 9.43. The van der Waals surface area contributed by atoms with Crippen LogP contribution in [0, 0.1) is 0 Å². The maximum atomic E-state index is 11.7. The number of pyridine rings is 1. The van der Waals surface area contributed by atoms with Crippen LogP contribution in [0.25, 0.3) is 0 Å².